The third kappa shape index (κ3) is 10.0. The predicted octanol–water partition coefficient (Wildman–Crippen LogP) is 6.42. The number of hydrogen-bond donors (Lipinski definition) is 0. The first-order valence-electron chi connectivity index (χ1n) is 14.9. The molecule has 3 fully saturated rings. The van der Waals surface area contributed by atoms with E-state index in [1.165, 1.54) is 7.11 Å². The normalized spacial score (nSPS) is 31.7. The van der Waals surface area contributed by atoms with Crippen LogP contribution in [0.5, 0.6) is 0 Å². The molecule has 0 aromatic carbocycles. The summed E-state index contributed by atoms with van der Waals surface area (Å²) >= 11 is 0. The van der Waals surface area contributed by atoms with Gasteiger partial charge in [0.1, 0.15) is 0 Å². The fraction of sp³-hybridized carbons (Fsp3) is 0.900. The van der Waals surface area contributed by atoms with Gasteiger partial charge >= 0.3 is 5.97 Å². The molecule has 3 aliphatic rings. The Balaban J connectivity index is 1.82. The SMILES string of the molecule is COC(=O)CCC/C=C\C[C@@H]1[C@H](C(O[Si](C)C)C(C)(C)C)[C@H](OC2CCCCO2)C[C@@H]1OC1CCCCO1. The van der Waals surface area contributed by atoms with E-state index in [0.717, 1.165) is 77.4 Å². The molecule has 0 spiro atoms. The zero-order valence-electron chi connectivity index (χ0n) is 24.7. The van der Waals surface area contributed by atoms with Gasteiger partial charge in [-0.15, -0.1) is 0 Å². The van der Waals surface area contributed by atoms with Crippen molar-refractivity contribution in [3.8, 4) is 0 Å². The average molecular weight is 554 g/mol. The van der Waals surface area contributed by atoms with Crippen LogP contribution in [0, 0.1) is 17.3 Å². The van der Waals surface area contributed by atoms with Gasteiger partial charge in [0, 0.05) is 32.0 Å². The summed E-state index contributed by atoms with van der Waals surface area (Å²) in [5.41, 5.74) is -0.0413. The van der Waals surface area contributed by atoms with Crippen LogP contribution in [0.25, 0.3) is 0 Å². The minimum absolute atomic E-state index is 0.00925. The van der Waals surface area contributed by atoms with Crippen LogP contribution in [0.2, 0.25) is 13.1 Å². The van der Waals surface area contributed by atoms with E-state index in [2.05, 4.69) is 46.0 Å². The second kappa shape index (κ2) is 15.9. The molecule has 0 aromatic heterocycles. The quantitative estimate of drug-likeness (QED) is 0.113. The van der Waals surface area contributed by atoms with E-state index in [1.54, 1.807) is 0 Å². The topological polar surface area (TPSA) is 72.5 Å². The summed E-state index contributed by atoms with van der Waals surface area (Å²) in [5.74, 6) is 0.285. The summed E-state index contributed by atoms with van der Waals surface area (Å²) in [5, 5.41) is 0. The first-order chi connectivity index (χ1) is 18.2. The largest absolute Gasteiger partial charge is 0.469 e. The van der Waals surface area contributed by atoms with Crippen LogP contribution < -0.4 is 0 Å². The smallest absolute Gasteiger partial charge is 0.305 e. The lowest BCUT2D eigenvalue weighted by Crippen LogP contribution is -2.47. The van der Waals surface area contributed by atoms with Gasteiger partial charge in [-0.2, -0.15) is 0 Å². The number of unbranched alkanes of at least 4 members (excludes halogenated alkanes) is 1. The molecule has 2 saturated heterocycles. The molecule has 7 atom stereocenters. The molecule has 3 rings (SSSR count). The molecule has 0 aromatic rings. The molecule has 2 aliphatic heterocycles. The van der Waals surface area contributed by atoms with Crippen molar-refractivity contribution in [1.82, 2.24) is 0 Å². The molecule has 7 nitrogen and oxygen atoms in total. The first kappa shape index (κ1) is 31.8. The van der Waals surface area contributed by atoms with Gasteiger partial charge in [-0.3, -0.25) is 4.79 Å². The van der Waals surface area contributed by atoms with Crippen LogP contribution in [0.3, 0.4) is 0 Å². The van der Waals surface area contributed by atoms with Crippen LogP contribution in [0.15, 0.2) is 12.2 Å². The number of ether oxygens (including phenoxy) is 5. The van der Waals surface area contributed by atoms with Crippen molar-refractivity contribution in [3.05, 3.63) is 12.2 Å². The fourth-order valence-electron chi connectivity index (χ4n) is 6.07. The van der Waals surface area contributed by atoms with E-state index in [0.29, 0.717) is 6.42 Å². The molecule has 3 unspecified atom stereocenters. The second-order valence-electron chi connectivity index (χ2n) is 12.4. The Morgan fingerprint density at radius 1 is 0.974 bits per heavy atom. The minimum atomic E-state index is -0.931. The van der Waals surface area contributed by atoms with Gasteiger partial charge in [0.2, 0.25) is 9.04 Å². The van der Waals surface area contributed by atoms with E-state index in [4.69, 9.17) is 28.1 Å². The minimum Gasteiger partial charge on any atom is -0.469 e. The molecular formula is C30H53O7Si. The molecule has 219 valence electrons. The average Bonchev–Trinajstić information content (AvgIpc) is 3.20. The maximum atomic E-state index is 11.5. The van der Waals surface area contributed by atoms with Gasteiger partial charge in [-0.05, 0) is 82.2 Å². The van der Waals surface area contributed by atoms with Gasteiger partial charge < -0.3 is 28.1 Å². The monoisotopic (exact) mass is 553 g/mol. The van der Waals surface area contributed by atoms with Crippen LogP contribution in [-0.4, -0.2) is 66.2 Å². The number of esters is 1. The Bertz CT molecular complexity index is 710. The molecule has 0 bridgehead atoms. The molecule has 0 amide bonds. The molecule has 8 heteroatoms. The lowest BCUT2D eigenvalue weighted by Gasteiger charge is -2.42. The van der Waals surface area contributed by atoms with Gasteiger partial charge in [-0.25, -0.2) is 0 Å². The standard InChI is InChI=1S/C30H53O7Si/c1-30(2,3)29(37-38(5)6)28-22(15-9-7-8-10-16-25(31)32-4)23(35-26-17-11-13-19-33-26)21-24(28)36-27-18-12-14-20-34-27/h7,9,22-24,26-29H,8,10-21H2,1-6H3/b9-7-/t22-,23-,24+,26?,27?,28-,29?/m0/s1. The van der Waals surface area contributed by atoms with Crippen molar-refractivity contribution in [2.75, 3.05) is 20.3 Å². The molecule has 2 heterocycles. The molecule has 38 heavy (non-hydrogen) atoms. The van der Waals surface area contributed by atoms with Gasteiger partial charge in [0.25, 0.3) is 0 Å². The third-order valence-corrected chi connectivity index (χ3v) is 8.64. The van der Waals surface area contributed by atoms with Crippen LogP contribution >= 0.6 is 0 Å². The van der Waals surface area contributed by atoms with Crippen molar-refractivity contribution < 1.29 is 32.9 Å². The summed E-state index contributed by atoms with van der Waals surface area (Å²) in [6, 6.07) is 0. The van der Waals surface area contributed by atoms with Crippen molar-refractivity contribution in [3.63, 3.8) is 0 Å². The van der Waals surface area contributed by atoms with E-state index in [9.17, 15) is 4.79 Å². The summed E-state index contributed by atoms with van der Waals surface area (Å²) in [6.07, 6.45) is 14.5. The number of methoxy groups -OCH3 is 1. The number of rotatable bonds is 13. The number of carbonyl (C=O) groups is 1. The van der Waals surface area contributed by atoms with Crippen molar-refractivity contribution in [1.29, 1.82) is 0 Å². The maximum Gasteiger partial charge on any atom is 0.305 e. The molecular weight excluding hydrogens is 500 g/mol. The molecule has 1 saturated carbocycles. The molecule has 1 radical (unpaired) electrons. The predicted molar refractivity (Wildman–Crippen MR) is 150 cm³/mol. The van der Waals surface area contributed by atoms with Crippen LogP contribution in [-0.2, 0) is 32.9 Å². The highest BCUT2D eigenvalue weighted by Crippen LogP contribution is 2.47. The Labute approximate surface area is 233 Å². The zero-order chi connectivity index (χ0) is 27.5. The van der Waals surface area contributed by atoms with Crippen LogP contribution in [0.4, 0.5) is 0 Å². The Hall–Kier alpha value is -0.773. The van der Waals surface area contributed by atoms with E-state index in [-0.39, 0.29) is 54.1 Å². The van der Waals surface area contributed by atoms with Crippen molar-refractivity contribution in [2.24, 2.45) is 17.3 Å². The lowest BCUT2D eigenvalue weighted by atomic mass is 9.75. The lowest BCUT2D eigenvalue weighted by molar-refractivity contribution is -0.207. The third-order valence-electron chi connectivity index (χ3n) is 7.91. The fourth-order valence-corrected chi connectivity index (χ4v) is 7.09. The Morgan fingerprint density at radius 3 is 2.13 bits per heavy atom. The summed E-state index contributed by atoms with van der Waals surface area (Å²) in [6.45, 7) is 12.8. The highest BCUT2D eigenvalue weighted by Gasteiger charge is 2.52. The van der Waals surface area contributed by atoms with Gasteiger partial charge in [0.15, 0.2) is 12.6 Å². The van der Waals surface area contributed by atoms with Crippen molar-refractivity contribution >= 4 is 15.0 Å². The highest BCUT2D eigenvalue weighted by molar-refractivity contribution is 6.48. The van der Waals surface area contributed by atoms with Gasteiger partial charge in [-0.1, -0.05) is 32.9 Å². The number of carbonyl (C=O) groups excluding carboxylic acids is 1. The summed E-state index contributed by atoms with van der Waals surface area (Å²) in [4.78, 5) is 11.5. The molecule has 0 N–H and O–H groups in total. The summed E-state index contributed by atoms with van der Waals surface area (Å²) in [7, 11) is 0.512. The zero-order valence-corrected chi connectivity index (χ0v) is 25.7. The summed E-state index contributed by atoms with van der Waals surface area (Å²) < 4.78 is 37.1. The van der Waals surface area contributed by atoms with E-state index in [1.807, 2.05) is 0 Å². The van der Waals surface area contributed by atoms with Gasteiger partial charge in [0.05, 0.1) is 25.4 Å². The van der Waals surface area contributed by atoms with E-state index >= 15 is 0 Å². The van der Waals surface area contributed by atoms with Crippen molar-refractivity contribution in [2.45, 2.75) is 135 Å². The Kier molecular flexibility index (Phi) is 13.3. The van der Waals surface area contributed by atoms with E-state index < -0.39 is 9.04 Å². The Morgan fingerprint density at radius 2 is 1.61 bits per heavy atom. The first-order valence-corrected chi connectivity index (χ1v) is 17.3. The number of hydrogen-bond acceptors (Lipinski definition) is 7. The highest BCUT2D eigenvalue weighted by atomic mass is 28.3. The maximum absolute atomic E-state index is 11.5. The number of allylic oxidation sites excluding steroid dienone is 2. The molecule has 1 aliphatic carbocycles. The van der Waals surface area contributed by atoms with Crippen LogP contribution in [0.1, 0.15) is 91.4 Å². The second-order valence-corrected chi connectivity index (χ2v) is 14.5.